The lowest BCUT2D eigenvalue weighted by molar-refractivity contribution is 0.228. The smallest absolute Gasteiger partial charge is 0.221 e. The van der Waals surface area contributed by atoms with Crippen LogP contribution in [0.5, 0.6) is 0 Å². The Balaban J connectivity index is 2.79. The van der Waals surface area contributed by atoms with Gasteiger partial charge in [-0.15, -0.1) is 11.8 Å². The molecule has 1 aromatic heterocycles. The van der Waals surface area contributed by atoms with Crippen molar-refractivity contribution in [3.05, 3.63) is 28.4 Å². The molecule has 0 bridgehead atoms. The van der Waals surface area contributed by atoms with Gasteiger partial charge >= 0.3 is 0 Å². The molecule has 2 rings (SSSR count). The Morgan fingerprint density at radius 3 is 2.73 bits per heavy atom. The van der Waals surface area contributed by atoms with Gasteiger partial charge in [0, 0.05) is 27.6 Å². The van der Waals surface area contributed by atoms with Crippen LogP contribution in [0.3, 0.4) is 0 Å². The molecular weight excluding hydrogens is 211 g/mol. The van der Waals surface area contributed by atoms with Gasteiger partial charge in [0.25, 0.3) is 0 Å². The summed E-state index contributed by atoms with van der Waals surface area (Å²) in [6.45, 7) is 12.3. The Hall–Kier alpha value is -1.08. The highest BCUT2D eigenvalue weighted by Gasteiger charge is 2.39. The minimum absolute atomic E-state index is 0.386. The zero-order valence-electron chi connectivity index (χ0n) is 8.89. The zero-order chi connectivity index (χ0) is 11.2. The van der Waals surface area contributed by atoms with Gasteiger partial charge in [-0.05, 0) is 20.8 Å². The molecule has 2 nitrogen and oxygen atoms in total. The molecule has 0 radical (unpaired) electrons. The van der Waals surface area contributed by atoms with E-state index in [2.05, 4.69) is 9.83 Å². The Morgan fingerprint density at radius 1 is 1.47 bits per heavy atom. The van der Waals surface area contributed by atoms with Gasteiger partial charge in [-0.25, -0.2) is 9.24 Å². The van der Waals surface area contributed by atoms with Crippen LogP contribution in [-0.2, 0) is 5.67 Å². The number of aromatic nitrogens is 1. The average molecular weight is 222 g/mol. The molecule has 15 heavy (non-hydrogen) atoms. The Bertz CT molecular complexity index is 474. The second-order valence-corrected chi connectivity index (χ2v) is 4.92. The molecule has 78 valence electrons. The molecule has 0 fully saturated rings. The number of alkyl halides is 1. The summed E-state index contributed by atoms with van der Waals surface area (Å²) in [4.78, 5) is 8.48. The van der Waals surface area contributed by atoms with Crippen LogP contribution >= 0.6 is 11.8 Å². The third-order valence-electron chi connectivity index (χ3n) is 2.60. The number of aryl methyl sites for hydroxylation is 2. The van der Waals surface area contributed by atoms with E-state index in [1.165, 1.54) is 11.8 Å². The number of hydrogen-bond acceptors (Lipinski definition) is 2. The maximum Gasteiger partial charge on any atom is 0.221 e. The molecule has 1 aliphatic rings. The summed E-state index contributed by atoms with van der Waals surface area (Å²) in [7, 11) is 0. The predicted octanol–water partition coefficient (Wildman–Crippen LogP) is 3.54. The minimum atomic E-state index is -1.34. The molecule has 1 atom stereocenters. The summed E-state index contributed by atoms with van der Waals surface area (Å²) in [5.41, 5.74) is 1.20. The lowest BCUT2D eigenvalue weighted by atomic mass is 9.98. The second-order valence-electron chi connectivity index (χ2n) is 3.93. The molecule has 4 heteroatoms. The van der Waals surface area contributed by atoms with Crippen LogP contribution in [-0.4, -0.2) is 10.7 Å². The molecule has 0 N–H and O–H groups in total. The van der Waals surface area contributed by atoms with Crippen molar-refractivity contribution in [2.75, 3.05) is 5.75 Å². The van der Waals surface area contributed by atoms with Crippen molar-refractivity contribution in [3.8, 4) is 0 Å². The van der Waals surface area contributed by atoms with E-state index >= 15 is 0 Å². The fourth-order valence-corrected chi connectivity index (χ4v) is 3.37. The predicted molar refractivity (Wildman–Crippen MR) is 59.2 cm³/mol. The summed E-state index contributed by atoms with van der Waals surface area (Å²) >= 11 is 1.43. The van der Waals surface area contributed by atoms with Crippen LogP contribution < -0.4 is 0 Å². The van der Waals surface area contributed by atoms with Gasteiger partial charge in [0.15, 0.2) is 0 Å². The number of fused-ring (bicyclic) bond motifs is 1. The highest BCUT2D eigenvalue weighted by atomic mass is 32.2. The van der Waals surface area contributed by atoms with Crippen LogP contribution in [0.25, 0.3) is 4.85 Å². The van der Waals surface area contributed by atoms with Crippen LogP contribution in [0.15, 0.2) is 4.90 Å². The van der Waals surface area contributed by atoms with E-state index < -0.39 is 5.67 Å². The standard InChI is InChI=1S/C11H11FN2S/c1-6-8-10(15-5-11(8,3)12)9(13-4)7(2)14-6/h5H2,1-3H3. The molecular formula is C11H11FN2S. The first-order valence-corrected chi connectivity index (χ1v) is 5.67. The van der Waals surface area contributed by atoms with Crippen molar-refractivity contribution in [2.24, 2.45) is 0 Å². The monoisotopic (exact) mass is 222 g/mol. The topological polar surface area (TPSA) is 17.2 Å². The first-order chi connectivity index (χ1) is 6.97. The molecule has 0 spiro atoms. The molecule has 0 aliphatic carbocycles. The van der Waals surface area contributed by atoms with Crippen LogP contribution in [0.1, 0.15) is 23.9 Å². The first kappa shape index (κ1) is 10.4. The van der Waals surface area contributed by atoms with Gasteiger partial charge in [0.2, 0.25) is 5.69 Å². The molecule has 0 aromatic carbocycles. The molecule has 1 aliphatic heterocycles. The Kier molecular flexibility index (Phi) is 2.23. The SMILES string of the molecule is [C-]#[N+]c1c(C)nc(C)c2c1SCC2(C)F. The second kappa shape index (κ2) is 3.21. The van der Waals surface area contributed by atoms with Crippen molar-refractivity contribution >= 4 is 17.4 Å². The summed E-state index contributed by atoms with van der Waals surface area (Å²) < 4.78 is 14.1. The first-order valence-electron chi connectivity index (χ1n) is 4.68. The van der Waals surface area contributed by atoms with Crippen LogP contribution in [0.4, 0.5) is 10.1 Å². The fourth-order valence-electron chi connectivity index (χ4n) is 1.97. The van der Waals surface area contributed by atoms with Gasteiger partial charge in [0.05, 0.1) is 6.57 Å². The molecule has 1 aromatic rings. The third-order valence-corrected chi connectivity index (χ3v) is 3.98. The van der Waals surface area contributed by atoms with E-state index in [0.29, 0.717) is 28.4 Å². The quantitative estimate of drug-likeness (QED) is 0.625. The van der Waals surface area contributed by atoms with Crippen molar-refractivity contribution in [1.29, 1.82) is 0 Å². The molecule has 0 amide bonds. The van der Waals surface area contributed by atoms with Gasteiger partial charge < -0.3 is 0 Å². The molecule has 2 heterocycles. The van der Waals surface area contributed by atoms with E-state index in [1.54, 1.807) is 13.8 Å². The number of nitrogens with zero attached hydrogens (tertiary/aromatic N) is 2. The molecule has 1 unspecified atom stereocenters. The van der Waals surface area contributed by atoms with E-state index in [0.717, 1.165) is 4.90 Å². The maximum atomic E-state index is 14.1. The van der Waals surface area contributed by atoms with Crippen molar-refractivity contribution in [3.63, 3.8) is 0 Å². The van der Waals surface area contributed by atoms with Gasteiger partial charge in [-0.3, -0.25) is 4.98 Å². The van der Waals surface area contributed by atoms with E-state index in [4.69, 9.17) is 6.57 Å². The minimum Gasteiger partial charge on any atom is -0.270 e. The number of thioether (sulfide) groups is 1. The van der Waals surface area contributed by atoms with E-state index in [1.807, 2.05) is 6.92 Å². The van der Waals surface area contributed by atoms with Gasteiger partial charge in [0.1, 0.15) is 5.67 Å². The Morgan fingerprint density at radius 2 is 2.13 bits per heavy atom. The number of halogens is 1. The van der Waals surface area contributed by atoms with Crippen molar-refractivity contribution < 1.29 is 4.39 Å². The van der Waals surface area contributed by atoms with E-state index in [9.17, 15) is 4.39 Å². The van der Waals surface area contributed by atoms with Crippen LogP contribution in [0.2, 0.25) is 0 Å². The lowest BCUT2D eigenvalue weighted by Crippen LogP contribution is -2.16. The number of pyridine rings is 1. The third kappa shape index (κ3) is 1.42. The van der Waals surface area contributed by atoms with Crippen LogP contribution in [0, 0.1) is 20.4 Å². The molecule has 0 saturated heterocycles. The van der Waals surface area contributed by atoms with Gasteiger partial charge in [-0.1, -0.05) is 0 Å². The number of hydrogen-bond donors (Lipinski definition) is 0. The van der Waals surface area contributed by atoms with E-state index in [-0.39, 0.29) is 0 Å². The highest BCUT2D eigenvalue weighted by molar-refractivity contribution is 7.99. The zero-order valence-corrected chi connectivity index (χ0v) is 9.70. The highest BCUT2D eigenvalue weighted by Crippen LogP contribution is 2.50. The summed E-state index contributed by atoms with van der Waals surface area (Å²) in [5, 5.41) is 0. The maximum absolute atomic E-state index is 14.1. The lowest BCUT2D eigenvalue weighted by Gasteiger charge is -2.16. The molecule has 0 saturated carbocycles. The summed E-state index contributed by atoms with van der Waals surface area (Å²) in [6, 6.07) is 0. The van der Waals surface area contributed by atoms with Crippen molar-refractivity contribution in [1.82, 2.24) is 4.98 Å². The summed E-state index contributed by atoms with van der Waals surface area (Å²) in [5.74, 6) is 0.386. The largest absolute Gasteiger partial charge is 0.270 e. The fraction of sp³-hybridized carbons (Fsp3) is 0.455. The van der Waals surface area contributed by atoms with Gasteiger partial charge in [-0.2, -0.15) is 0 Å². The summed E-state index contributed by atoms with van der Waals surface area (Å²) in [6.07, 6.45) is 0. The Labute approximate surface area is 92.7 Å². The number of rotatable bonds is 0. The average Bonchev–Trinajstić information content (AvgIpc) is 2.43. The normalized spacial score (nSPS) is 23.7. The van der Waals surface area contributed by atoms with Crippen molar-refractivity contribution in [2.45, 2.75) is 31.3 Å².